The molecule has 1 N–H and O–H groups in total. The van der Waals surface area contributed by atoms with E-state index in [1.807, 2.05) is 12.1 Å². The van der Waals surface area contributed by atoms with Crippen molar-refractivity contribution >= 4 is 17.7 Å². The quantitative estimate of drug-likeness (QED) is 0.808. The van der Waals surface area contributed by atoms with Crippen LogP contribution >= 0.6 is 11.6 Å². The van der Waals surface area contributed by atoms with Crippen molar-refractivity contribution in [1.29, 1.82) is 0 Å². The number of hydrogen-bond donors (Lipinski definition) is 1. The summed E-state index contributed by atoms with van der Waals surface area (Å²) in [6, 6.07) is 5.42. The summed E-state index contributed by atoms with van der Waals surface area (Å²) in [4.78, 5) is 0. The molecule has 0 aromatic heterocycles. The first-order valence-corrected chi connectivity index (χ1v) is 4.27. The van der Waals surface area contributed by atoms with Gasteiger partial charge >= 0.3 is 0 Å². The Balaban J connectivity index is 3.07. The largest absolute Gasteiger partial charge is 0.496 e. The Labute approximate surface area is 82.4 Å². The molecule has 2 nitrogen and oxygen atoms in total. The summed E-state index contributed by atoms with van der Waals surface area (Å²) >= 11 is 5.93. The van der Waals surface area contributed by atoms with Crippen molar-refractivity contribution in [2.45, 2.75) is 0 Å². The van der Waals surface area contributed by atoms with E-state index < -0.39 is 0 Å². The Morgan fingerprint density at radius 1 is 1.54 bits per heavy atom. The third-order valence-electron chi connectivity index (χ3n) is 1.62. The minimum Gasteiger partial charge on any atom is -0.496 e. The number of rotatable bonds is 3. The maximum Gasteiger partial charge on any atom is 0.127 e. The highest BCUT2D eigenvalue weighted by Gasteiger charge is 2.02. The molecule has 0 bridgehead atoms. The maximum absolute atomic E-state index is 8.61. The molecule has 0 unspecified atom stereocenters. The van der Waals surface area contributed by atoms with Crippen LogP contribution in [-0.4, -0.2) is 18.8 Å². The minimum atomic E-state index is -0.00558. The zero-order valence-electron chi connectivity index (χ0n) is 7.33. The van der Waals surface area contributed by atoms with E-state index in [9.17, 15) is 0 Å². The second kappa shape index (κ2) is 4.90. The molecular weight excluding hydrogens is 188 g/mol. The van der Waals surface area contributed by atoms with Crippen LogP contribution in [0.15, 0.2) is 24.3 Å². The summed E-state index contributed by atoms with van der Waals surface area (Å²) in [7, 11) is 1.59. The highest BCUT2D eigenvalue weighted by atomic mass is 35.5. The van der Waals surface area contributed by atoms with E-state index in [1.165, 1.54) is 0 Å². The summed E-state index contributed by atoms with van der Waals surface area (Å²) in [6.45, 7) is -0.00558. The third-order valence-corrected chi connectivity index (χ3v) is 1.95. The van der Waals surface area contributed by atoms with Gasteiger partial charge in [0.1, 0.15) is 5.75 Å². The normalized spacial score (nSPS) is 10.7. The molecule has 1 rings (SSSR count). The lowest BCUT2D eigenvalue weighted by Gasteiger charge is -2.05. The Bertz CT molecular complexity index is 308. The molecular formula is C10H11ClO2. The van der Waals surface area contributed by atoms with Crippen LogP contribution in [0.4, 0.5) is 0 Å². The van der Waals surface area contributed by atoms with Gasteiger partial charge in [0, 0.05) is 5.56 Å². The molecule has 1 aromatic rings. The summed E-state index contributed by atoms with van der Waals surface area (Å²) in [5.74, 6) is 0.706. The van der Waals surface area contributed by atoms with Gasteiger partial charge in [-0.15, -0.1) is 0 Å². The predicted octanol–water partition coefficient (Wildman–Crippen LogP) is 2.35. The molecule has 0 aliphatic carbocycles. The first kappa shape index (κ1) is 10.1. The van der Waals surface area contributed by atoms with Crippen LogP contribution in [-0.2, 0) is 0 Å². The van der Waals surface area contributed by atoms with E-state index in [0.717, 1.165) is 5.56 Å². The standard InChI is InChI=1S/C10H11ClO2/c1-13-10-6-2-5-9(11)8(10)4-3-7-12/h2-6,12H,7H2,1H3. The molecule has 0 fully saturated rings. The monoisotopic (exact) mass is 198 g/mol. The van der Waals surface area contributed by atoms with Crippen molar-refractivity contribution < 1.29 is 9.84 Å². The van der Waals surface area contributed by atoms with Crippen LogP contribution in [0.25, 0.3) is 6.08 Å². The number of methoxy groups -OCH3 is 1. The lowest BCUT2D eigenvalue weighted by Crippen LogP contribution is -1.87. The number of aliphatic hydroxyl groups excluding tert-OH is 1. The molecule has 0 atom stereocenters. The number of benzene rings is 1. The summed E-state index contributed by atoms with van der Waals surface area (Å²) in [5, 5.41) is 9.23. The molecule has 0 heterocycles. The molecule has 0 spiro atoms. The SMILES string of the molecule is COc1cccc(Cl)c1C=CCO. The average molecular weight is 199 g/mol. The molecule has 0 saturated carbocycles. The van der Waals surface area contributed by atoms with Crippen LogP contribution in [0.1, 0.15) is 5.56 Å². The fourth-order valence-electron chi connectivity index (χ4n) is 1.03. The number of hydrogen-bond acceptors (Lipinski definition) is 2. The second-order valence-electron chi connectivity index (χ2n) is 2.44. The van der Waals surface area contributed by atoms with Gasteiger partial charge in [-0.1, -0.05) is 29.8 Å². The van der Waals surface area contributed by atoms with Gasteiger partial charge in [0.25, 0.3) is 0 Å². The van der Waals surface area contributed by atoms with Gasteiger partial charge in [0.05, 0.1) is 18.7 Å². The molecule has 0 radical (unpaired) electrons. The Morgan fingerprint density at radius 3 is 2.92 bits per heavy atom. The Morgan fingerprint density at radius 2 is 2.31 bits per heavy atom. The minimum absolute atomic E-state index is 0.00558. The van der Waals surface area contributed by atoms with Gasteiger partial charge < -0.3 is 9.84 Å². The van der Waals surface area contributed by atoms with E-state index in [-0.39, 0.29) is 6.61 Å². The Kier molecular flexibility index (Phi) is 3.80. The van der Waals surface area contributed by atoms with Gasteiger partial charge in [0.15, 0.2) is 0 Å². The number of ether oxygens (including phenoxy) is 1. The molecule has 13 heavy (non-hydrogen) atoms. The highest BCUT2D eigenvalue weighted by Crippen LogP contribution is 2.27. The fraction of sp³-hybridized carbons (Fsp3) is 0.200. The van der Waals surface area contributed by atoms with E-state index in [2.05, 4.69) is 0 Å². The topological polar surface area (TPSA) is 29.5 Å². The smallest absolute Gasteiger partial charge is 0.127 e. The van der Waals surface area contributed by atoms with Crippen LogP contribution < -0.4 is 4.74 Å². The van der Waals surface area contributed by atoms with Crippen LogP contribution in [0.3, 0.4) is 0 Å². The number of halogens is 1. The van der Waals surface area contributed by atoms with Gasteiger partial charge in [0.2, 0.25) is 0 Å². The van der Waals surface area contributed by atoms with Crippen molar-refractivity contribution in [2.24, 2.45) is 0 Å². The molecule has 1 aromatic carbocycles. The van der Waals surface area contributed by atoms with Crippen LogP contribution in [0.2, 0.25) is 5.02 Å². The molecule has 0 saturated heterocycles. The second-order valence-corrected chi connectivity index (χ2v) is 2.85. The molecule has 0 amide bonds. The van der Waals surface area contributed by atoms with Crippen molar-refractivity contribution in [2.75, 3.05) is 13.7 Å². The van der Waals surface area contributed by atoms with Crippen molar-refractivity contribution in [3.8, 4) is 5.75 Å². The van der Waals surface area contributed by atoms with E-state index in [1.54, 1.807) is 25.3 Å². The van der Waals surface area contributed by atoms with Gasteiger partial charge in [-0.2, -0.15) is 0 Å². The first-order valence-electron chi connectivity index (χ1n) is 3.89. The van der Waals surface area contributed by atoms with E-state index in [0.29, 0.717) is 10.8 Å². The zero-order valence-corrected chi connectivity index (χ0v) is 8.08. The average Bonchev–Trinajstić information content (AvgIpc) is 2.15. The number of aliphatic hydroxyl groups is 1. The lowest BCUT2D eigenvalue weighted by molar-refractivity contribution is 0.343. The first-order chi connectivity index (χ1) is 6.29. The maximum atomic E-state index is 8.61. The predicted molar refractivity (Wildman–Crippen MR) is 54.1 cm³/mol. The van der Waals surface area contributed by atoms with Crippen molar-refractivity contribution in [3.05, 3.63) is 34.9 Å². The van der Waals surface area contributed by atoms with Gasteiger partial charge in [-0.25, -0.2) is 0 Å². The molecule has 70 valence electrons. The zero-order chi connectivity index (χ0) is 9.68. The molecule has 0 aliphatic heterocycles. The van der Waals surface area contributed by atoms with Crippen LogP contribution in [0.5, 0.6) is 5.75 Å². The highest BCUT2D eigenvalue weighted by molar-refractivity contribution is 6.32. The summed E-state index contributed by atoms with van der Waals surface area (Å²) in [6.07, 6.45) is 3.35. The lowest BCUT2D eigenvalue weighted by atomic mass is 10.2. The van der Waals surface area contributed by atoms with E-state index >= 15 is 0 Å². The fourth-order valence-corrected chi connectivity index (χ4v) is 1.26. The Hall–Kier alpha value is -0.990. The van der Waals surface area contributed by atoms with E-state index in [4.69, 9.17) is 21.4 Å². The summed E-state index contributed by atoms with van der Waals surface area (Å²) < 4.78 is 5.11. The summed E-state index contributed by atoms with van der Waals surface area (Å²) in [5.41, 5.74) is 0.792. The third kappa shape index (κ3) is 2.47. The van der Waals surface area contributed by atoms with Crippen LogP contribution in [0, 0.1) is 0 Å². The van der Waals surface area contributed by atoms with Gasteiger partial charge in [-0.3, -0.25) is 0 Å². The molecule has 3 heteroatoms. The van der Waals surface area contributed by atoms with Crippen molar-refractivity contribution in [1.82, 2.24) is 0 Å². The molecule has 0 aliphatic rings. The van der Waals surface area contributed by atoms with Gasteiger partial charge in [-0.05, 0) is 12.1 Å². The van der Waals surface area contributed by atoms with Crippen molar-refractivity contribution in [3.63, 3.8) is 0 Å².